The molecular formula is C20H19ClN2O4. The highest BCUT2D eigenvalue weighted by Gasteiger charge is 2.41. The van der Waals surface area contributed by atoms with Crippen LogP contribution in [0.1, 0.15) is 24.0 Å². The topological polar surface area (TPSA) is 75.7 Å². The Labute approximate surface area is 162 Å². The Morgan fingerprint density at radius 1 is 1.22 bits per heavy atom. The van der Waals surface area contributed by atoms with Gasteiger partial charge in [-0.15, -0.1) is 0 Å². The molecule has 7 heteroatoms. The minimum atomic E-state index is -0.904. The molecule has 2 aromatic rings. The number of carbonyl (C=O) groups is 3. The van der Waals surface area contributed by atoms with Gasteiger partial charge in [-0.2, -0.15) is 0 Å². The first-order chi connectivity index (χ1) is 13.0. The third kappa shape index (κ3) is 4.46. The van der Waals surface area contributed by atoms with Crippen molar-refractivity contribution >= 4 is 35.2 Å². The molecule has 0 aromatic heterocycles. The number of nitrogens with zero attached hydrogens (tertiary/aromatic N) is 1. The standard InChI is InChI=1S/C20H19ClN2O4/c1-13-7-8-15(21)11-16(13)22-19(25)17-9-10-18(24)23(17)20(26)27-12-14-5-3-2-4-6-14/h2-8,11,17H,9-10,12H2,1H3,(H,22,25)/t17-/m1/s1. The monoisotopic (exact) mass is 386 g/mol. The lowest BCUT2D eigenvalue weighted by atomic mass is 10.1. The number of ether oxygens (including phenoxy) is 1. The Bertz CT molecular complexity index is 870. The molecule has 3 rings (SSSR count). The lowest BCUT2D eigenvalue weighted by Gasteiger charge is -2.22. The quantitative estimate of drug-likeness (QED) is 0.864. The fourth-order valence-electron chi connectivity index (χ4n) is 2.89. The molecule has 140 valence electrons. The second-order valence-corrected chi connectivity index (χ2v) is 6.74. The van der Waals surface area contributed by atoms with Crippen molar-refractivity contribution in [3.8, 4) is 0 Å². The minimum Gasteiger partial charge on any atom is -0.444 e. The second-order valence-electron chi connectivity index (χ2n) is 6.31. The van der Waals surface area contributed by atoms with Gasteiger partial charge < -0.3 is 10.1 Å². The average molecular weight is 387 g/mol. The number of carbonyl (C=O) groups excluding carboxylic acids is 3. The van der Waals surface area contributed by atoms with Crippen molar-refractivity contribution in [1.82, 2.24) is 4.90 Å². The van der Waals surface area contributed by atoms with Crippen LogP contribution in [0.25, 0.3) is 0 Å². The molecule has 0 radical (unpaired) electrons. The molecule has 0 aliphatic carbocycles. The Morgan fingerprint density at radius 3 is 2.70 bits per heavy atom. The summed E-state index contributed by atoms with van der Waals surface area (Å²) in [6, 6.07) is 13.4. The summed E-state index contributed by atoms with van der Waals surface area (Å²) in [5.74, 6) is -0.862. The summed E-state index contributed by atoms with van der Waals surface area (Å²) in [5, 5.41) is 3.23. The molecule has 2 aromatic carbocycles. The maximum absolute atomic E-state index is 12.7. The van der Waals surface area contributed by atoms with Crippen molar-refractivity contribution in [3.05, 3.63) is 64.7 Å². The van der Waals surface area contributed by atoms with Crippen molar-refractivity contribution in [2.45, 2.75) is 32.4 Å². The number of imide groups is 1. The van der Waals surface area contributed by atoms with Gasteiger partial charge >= 0.3 is 6.09 Å². The summed E-state index contributed by atoms with van der Waals surface area (Å²) in [4.78, 5) is 38.1. The van der Waals surface area contributed by atoms with E-state index >= 15 is 0 Å². The van der Waals surface area contributed by atoms with E-state index in [9.17, 15) is 14.4 Å². The van der Waals surface area contributed by atoms with Crippen LogP contribution in [0.4, 0.5) is 10.5 Å². The molecule has 27 heavy (non-hydrogen) atoms. The Morgan fingerprint density at radius 2 is 1.96 bits per heavy atom. The van der Waals surface area contributed by atoms with Gasteiger partial charge in [0, 0.05) is 17.1 Å². The summed E-state index contributed by atoms with van der Waals surface area (Å²) in [6.07, 6.45) is -0.443. The predicted molar refractivity (Wildman–Crippen MR) is 101 cm³/mol. The molecule has 6 nitrogen and oxygen atoms in total. The highest BCUT2D eigenvalue weighted by molar-refractivity contribution is 6.31. The third-order valence-corrected chi connectivity index (χ3v) is 4.61. The SMILES string of the molecule is Cc1ccc(Cl)cc1NC(=O)[C@H]1CCC(=O)N1C(=O)OCc1ccccc1. The molecular weight excluding hydrogens is 368 g/mol. The molecule has 0 spiro atoms. The van der Waals surface area contributed by atoms with Crippen LogP contribution >= 0.6 is 11.6 Å². The third-order valence-electron chi connectivity index (χ3n) is 4.37. The maximum Gasteiger partial charge on any atom is 0.417 e. The Balaban J connectivity index is 1.68. The molecule has 1 fully saturated rings. The second kappa shape index (κ2) is 8.22. The number of rotatable bonds is 4. The first kappa shape index (κ1) is 18.9. The lowest BCUT2D eigenvalue weighted by molar-refractivity contribution is -0.131. The van der Waals surface area contributed by atoms with Gasteiger partial charge in [0.05, 0.1) is 0 Å². The molecule has 1 aliphatic rings. The van der Waals surface area contributed by atoms with Crippen molar-refractivity contribution < 1.29 is 19.1 Å². The van der Waals surface area contributed by atoms with Crippen LogP contribution in [0.15, 0.2) is 48.5 Å². The fraction of sp³-hybridized carbons (Fsp3) is 0.250. The zero-order chi connectivity index (χ0) is 19.4. The van der Waals surface area contributed by atoms with Crippen LogP contribution in [0.5, 0.6) is 0 Å². The van der Waals surface area contributed by atoms with E-state index in [2.05, 4.69) is 5.32 Å². The van der Waals surface area contributed by atoms with E-state index in [1.54, 1.807) is 18.2 Å². The normalized spacial score (nSPS) is 16.3. The molecule has 3 amide bonds. The molecule has 0 bridgehead atoms. The smallest absolute Gasteiger partial charge is 0.417 e. The molecule has 1 aliphatic heterocycles. The van der Waals surface area contributed by atoms with Gasteiger partial charge in [-0.25, -0.2) is 9.69 Å². The van der Waals surface area contributed by atoms with Crippen molar-refractivity contribution in [1.29, 1.82) is 0 Å². The van der Waals surface area contributed by atoms with E-state index < -0.39 is 23.9 Å². The Kier molecular flexibility index (Phi) is 5.76. The summed E-state index contributed by atoms with van der Waals surface area (Å²) in [6.45, 7) is 1.86. The average Bonchev–Trinajstić information content (AvgIpc) is 3.05. The Hall–Kier alpha value is -2.86. The zero-order valence-corrected chi connectivity index (χ0v) is 15.5. The number of hydrogen-bond acceptors (Lipinski definition) is 4. The molecule has 1 heterocycles. The molecule has 0 saturated carbocycles. The predicted octanol–water partition coefficient (Wildman–Crippen LogP) is 3.91. The summed E-state index contributed by atoms with van der Waals surface area (Å²) in [7, 11) is 0. The highest BCUT2D eigenvalue weighted by Crippen LogP contribution is 2.24. The van der Waals surface area contributed by atoms with E-state index in [1.165, 1.54) is 0 Å². The minimum absolute atomic E-state index is 0.0329. The lowest BCUT2D eigenvalue weighted by Crippen LogP contribution is -2.45. The van der Waals surface area contributed by atoms with Crippen molar-refractivity contribution in [2.75, 3.05) is 5.32 Å². The van der Waals surface area contributed by atoms with Crippen LogP contribution < -0.4 is 5.32 Å². The number of halogens is 1. The summed E-state index contributed by atoms with van der Waals surface area (Å²) in [5.41, 5.74) is 2.17. The van der Waals surface area contributed by atoms with Crippen molar-refractivity contribution in [2.24, 2.45) is 0 Å². The van der Waals surface area contributed by atoms with E-state index in [0.29, 0.717) is 10.7 Å². The number of amides is 3. The van der Waals surface area contributed by atoms with Gasteiger partial charge in [0.25, 0.3) is 0 Å². The highest BCUT2D eigenvalue weighted by atomic mass is 35.5. The number of benzene rings is 2. The van der Waals surface area contributed by atoms with E-state index in [1.807, 2.05) is 37.3 Å². The maximum atomic E-state index is 12.7. The number of nitrogens with one attached hydrogen (secondary N) is 1. The van der Waals surface area contributed by atoms with Crippen LogP contribution in [-0.4, -0.2) is 28.8 Å². The van der Waals surface area contributed by atoms with E-state index in [4.69, 9.17) is 16.3 Å². The van der Waals surface area contributed by atoms with Gasteiger partial charge in [-0.3, -0.25) is 9.59 Å². The van der Waals surface area contributed by atoms with Gasteiger partial charge in [-0.1, -0.05) is 48.0 Å². The fourth-order valence-corrected chi connectivity index (χ4v) is 3.07. The number of anilines is 1. The zero-order valence-electron chi connectivity index (χ0n) is 14.8. The molecule has 1 atom stereocenters. The van der Waals surface area contributed by atoms with Gasteiger partial charge in [0.1, 0.15) is 12.6 Å². The van der Waals surface area contributed by atoms with Gasteiger partial charge in [0.2, 0.25) is 11.8 Å². The van der Waals surface area contributed by atoms with Crippen LogP contribution in [0.3, 0.4) is 0 Å². The van der Waals surface area contributed by atoms with E-state index in [0.717, 1.165) is 16.0 Å². The largest absolute Gasteiger partial charge is 0.444 e. The van der Waals surface area contributed by atoms with Crippen molar-refractivity contribution in [3.63, 3.8) is 0 Å². The number of likely N-dealkylation sites (tertiary alicyclic amines) is 1. The van der Waals surface area contributed by atoms with Crippen LogP contribution in [0, 0.1) is 6.92 Å². The molecule has 1 N–H and O–H groups in total. The van der Waals surface area contributed by atoms with Crippen LogP contribution in [-0.2, 0) is 20.9 Å². The summed E-state index contributed by atoms with van der Waals surface area (Å²) >= 11 is 5.97. The molecule has 0 unspecified atom stereocenters. The van der Waals surface area contributed by atoms with E-state index in [-0.39, 0.29) is 19.4 Å². The molecule has 1 saturated heterocycles. The van der Waals surface area contributed by atoms with Gasteiger partial charge in [-0.05, 0) is 36.6 Å². The number of hydrogen-bond donors (Lipinski definition) is 1. The summed E-state index contributed by atoms with van der Waals surface area (Å²) < 4.78 is 5.22. The first-order valence-electron chi connectivity index (χ1n) is 8.55. The number of aryl methyl sites for hydroxylation is 1. The van der Waals surface area contributed by atoms with Gasteiger partial charge in [0.15, 0.2) is 0 Å². The van der Waals surface area contributed by atoms with Crippen LogP contribution in [0.2, 0.25) is 5.02 Å². The first-order valence-corrected chi connectivity index (χ1v) is 8.93.